The van der Waals surface area contributed by atoms with E-state index in [2.05, 4.69) is 26.3 Å². The molecule has 0 amide bonds. The molecule has 0 saturated carbocycles. The van der Waals surface area contributed by atoms with Gasteiger partial charge in [0.05, 0.1) is 13.1 Å². The first-order valence-corrected chi connectivity index (χ1v) is 6.34. The predicted octanol–water partition coefficient (Wildman–Crippen LogP) is 1.22. The number of nitrogens with zero attached hydrogens (tertiary/aromatic N) is 3. The van der Waals surface area contributed by atoms with Crippen molar-refractivity contribution in [1.29, 1.82) is 0 Å². The van der Waals surface area contributed by atoms with Crippen molar-refractivity contribution >= 4 is 5.84 Å². The third-order valence-electron chi connectivity index (χ3n) is 3.53. The second-order valence-electron chi connectivity index (χ2n) is 4.67. The first-order valence-electron chi connectivity index (χ1n) is 6.34. The number of amidine groups is 1. The van der Waals surface area contributed by atoms with Crippen LogP contribution in [0.5, 0.6) is 0 Å². The molecule has 1 aromatic rings. The average Bonchev–Trinajstić information content (AvgIpc) is 3.02. The highest BCUT2D eigenvalue weighted by Gasteiger charge is 2.27. The Kier molecular flexibility index (Phi) is 3.05. The quantitative estimate of drug-likeness (QED) is 0.849. The number of aromatic nitrogens is 1. The first kappa shape index (κ1) is 10.7. The van der Waals surface area contributed by atoms with Gasteiger partial charge in [-0.3, -0.25) is 14.9 Å². The van der Waals surface area contributed by atoms with Crippen molar-refractivity contribution in [2.24, 2.45) is 4.99 Å². The van der Waals surface area contributed by atoms with Crippen LogP contribution in [0, 0.1) is 0 Å². The summed E-state index contributed by atoms with van der Waals surface area (Å²) < 4.78 is 0. The molecule has 17 heavy (non-hydrogen) atoms. The van der Waals surface area contributed by atoms with E-state index in [-0.39, 0.29) is 0 Å². The lowest BCUT2D eigenvalue weighted by molar-refractivity contribution is 0.292. The number of hydrogen-bond donors (Lipinski definition) is 1. The van der Waals surface area contributed by atoms with Crippen LogP contribution < -0.4 is 5.32 Å². The van der Waals surface area contributed by atoms with E-state index < -0.39 is 0 Å². The number of pyridine rings is 1. The van der Waals surface area contributed by atoms with Crippen LogP contribution in [0.1, 0.15) is 24.4 Å². The minimum Gasteiger partial charge on any atom is -0.371 e. The van der Waals surface area contributed by atoms with Crippen molar-refractivity contribution in [3.8, 4) is 0 Å². The Morgan fingerprint density at radius 1 is 1.47 bits per heavy atom. The van der Waals surface area contributed by atoms with Gasteiger partial charge in [0.25, 0.3) is 0 Å². The molecule has 1 aromatic heterocycles. The summed E-state index contributed by atoms with van der Waals surface area (Å²) in [4.78, 5) is 11.2. The van der Waals surface area contributed by atoms with E-state index >= 15 is 0 Å². The number of hydrogen-bond acceptors (Lipinski definition) is 4. The van der Waals surface area contributed by atoms with Crippen molar-refractivity contribution in [2.45, 2.75) is 18.9 Å². The molecule has 0 radical (unpaired) electrons. The van der Waals surface area contributed by atoms with Gasteiger partial charge in [-0.25, -0.2) is 0 Å². The van der Waals surface area contributed by atoms with E-state index in [0.717, 1.165) is 25.5 Å². The molecule has 1 saturated heterocycles. The Labute approximate surface area is 102 Å². The molecule has 0 aliphatic carbocycles. The largest absolute Gasteiger partial charge is 0.371 e. The van der Waals surface area contributed by atoms with Gasteiger partial charge in [-0.05, 0) is 31.0 Å². The van der Waals surface area contributed by atoms with E-state index in [9.17, 15) is 0 Å². The Hall–Kier alpha value is -1.42. The van der Waals surface area contributed by atoms with E-state index in [1.807, 2.05) is 18.5 Å². The van der Waals surface area contributed by atoms with E-state index in [1.54, 1.807) is 0 Å². The van der Waals surface area contributed by atoms with Gasteiger partial charge in [-0.2, -0.15) is 0 Å². The van der Waals surface area contributed by atoms with E-state index in [4.69, 9.17) is 0 Å². The molecular formula is C13H18N4. The maximum absolute atomic E-state index is 4.48. The van der Waals surface area contributed by atoms with Crippen LogP contribution in [0.25, 0.3) is 0 Å². The van der Waals surface area contributed by atoms with Gasteiger partial charge >= 0.3 is 0 Å². The molecule has 0 aromatic carbocycles. The zero-order valence-corrected chi connectivity index (χ0v) is 9.97. The van der Waals surface area contributed by atoms with Crippen molar-refractivity contribution in [2.75, 3.05) is 26.2 Å². The fourth-order valence-electron chi connectivity index (χ4n) is 2.71. The molecule has 1 unspecified atom stereocenters. The maximum Gasteiger partial charge on any atom is 0.111 e. The van der Waals surface area contributed by atoms with Crippen LogP contribution in [0.15, 0.2) is 29.5 Å². The summed E-state index contributed by atoms with van der Waals surface area (Å²) in [5, 5.41) is 3.35. The minimum absolute atomic E-state index is 0.522. The van der Waals surface area contributed by atoms with Crippen LogP contribution in [0.2, 0.25) is 0 Å². The number of nitrogens with one attached hydrogen (secondary N) is 1. The van der Waals surface area contributed by atoms with Gasteiger partial charge < -0.3 is 5.32 Å². The third kappa shape index (κ3) is 2.31. The van der Waals surface area contributed by atoms with Gasteiger partial charge in [0.1, 0.15) is 5.84 Å². The third-order valence-corrected chi connectivity index (χ3v) is 3.53. The maximum atomic E-state index is 4.48. The van der Waals surface area contributed by atoms with E-state index in [0.29, 0.717) is 6.04 Å². The van der Waals surface area contributed by atoms with Gasteiger partial charge in [0.2, 0.25) is 0 Å². The lowest BCUT2D eigenvalue weighted by Crippen LogP contribution is -2.34. The molecule has 4 heteroatoms. The SMILES string of the molecule is c1cncc(C2CCCN2CC2=NCCN2)c1. The fourth-order valence-corrected chi connectivity index (χ4v) is 2.71. The monoisotopic (exact) mass is 230 g/mol. The first-order chi connectivity index (χ1) is 8.43. The van der Waals surface area contributed by atoms with Crippen LogP contribution in [-0.4, -0.2) is 41.9 Å². The van der Waals surface area contributed by atoms with Gasteiger partial charge in [0.15, 0.2) is 0 Å². The van der Waals surface area contributed by atoms with Gasteiger partial charge in [-0.1, -0.05) is 6.07 Å². The molecule has 90 valence electrons. The summed E-state index contributed by atoms with van der Waals surface area (Å²) in [6, 6.07) is 4.73. The summed E-state index contributed by atoms with van der Waals surface area (Å²) in [7, 11) is 0. The Morgan fingerprint density at radius 2 is 2.47 bits per heavy atom. The molecule has 3 heterocycles. The standard InChI is InChI=1S/C13H18N4/c1-3-11(9-14-5-1)12-4-2-8-17(12)10-13-15-6-7-16-13/h1,3,5,9,12H,2,4,6-8,10H2,(H,15,16). The van der Waals surface area contributed by atoms with Crippen molar-refractivity contribution in [3.63, 3.8) is 0 Å². The summed E-state index contributed by atoms with van der Waals surface area (Å²) in [6.45, 7) is 4.06. The van der Waals surface area contributed by atoms with Crippen LogP contribution in [0.4, 0.5) is 0 Å². The zero-order valence-electron chi connectivity index (χ0n) is 9.97. The molecule has 1 atom stereocenters. The molecule has 1 fully saturated rings. The van der Waals surface area contributed by atoms with Gasteiger partial charge in [0, 0.05) is 25.0 Å². The lowest BCUT2D eigenvalue weighted by Gasteiger charge is -2.24. The molecule has 1 N–H and O–H groups in total. The minimum atomic E-state index is 0.522. The highest BCUT2D eigenvalue weighted by Crippen LogP contribution is 2.30. The van der Waals surface area contributed by atoms with Gasteiger partial charge in [-0.15, -0.1) is 0 Å². The van der Waals surface area contributed by atoms with Crippen molar-refractivity contribution < 1.29 is 0 Å². The lowest BCUT2D eigenvalue weighted by atomic mass is 10.1. The molecule has 0 bridgehead atoms. The normalized spacial score (nSPS) is 24.7. The average molecular weight is 230 g/mol. The summed E-state index contributed by atoms with van der Waals surface area (Å²) in [5.41, 5.74) is 1.34. The van der Waals surface area contributed by atoms with Crippen molar-refractivity contribution in [3.05, 3.63) is 30.1 Å². The zero-order chi connectivity index (χ0) is 11.5. The van der Waals surface area contributed by atoms with Crippen LogP contribution in [-0.2, 0) is 0 Å². The van der Waals surface area contributed by atoms with Crippen LogP contribution >= 0.6 is 0 Å². The highest BCUT2D eigenvalue weighted by atomic mass is 15.2. The number of aliphatic imine (C=N–C) groups is 1. The Morgan fingerprint density at radius 3 is 3.24 bits per heavy atom. The highest BCUT2D eigenvalue weighted by molar-refractivity contribution is 5.85. The summed E-state index contributed by atoms with van der Waals surface area (Å²) in [6.07, 6.45) is 6.34. The molecule has 3 rings (SSSR count). The second-order valence-corrected chi connectivity index (χ2v) is 4.67. The summed E-state index contributed by atoms with van der Waals surface area (Å²) in [5.74, 6) is 1.15. The Balaban J connectivity index is 1.71. The van der Waals surface area contributed by atoms with Crippen molar-refractivity contribution in [1.82, 2.24) is 15.2 Å². The summed E-state index contributed by atoms with van der Waals surface area (Å²) >= 11 is 0. The molecule has 2 aliphatic rings. The second kappa shape index (κ2) is 4.84. The molecule has 4 nitrogen and oxygen atoms in total. The number of likely N-dealkylation sites (tertiary alicyclic amines) is 1. The molecule has 0 spiro atoms. The fraction of sp³-hybridized carbons (Fsp3) is 0.538. The molecule has 2 aliphatic heterocycles. The smallest absolute Gasteiger partial charge is 0.111 e. The molecular weight excluding hydrogens is 212 g/mol. The van der Waals surface area contributed by atoms with Crippen LogP contribution in [0.3, 0.4) is 0 Å². The topological polar surface area (TPSA) is 40.5 Å². The Bertz CT molecular complexity index is 401. The number of rotatable bonds is 3. The van der Waals surface area contributed by atoms with E-state index in [1.165, 1.54) is 24.9 Å². The predicted molar refractivity (Wildman–Crippen MR) is 68.1 cm³/mol.